The van der Waals surface area contributed by atoms with Crippen molar-refractivity contribution in [2.45, 2.75) is 128 Å². The molecule has 1 unspecified atom stereocenters. The number of hydrogen-bond acceptors (Lipinski definition) is 10. The number of likely N-dealkylation sites (tertiary alicyclic amines) is 1. The number of aromatic nitrogens is 1. The predicted octanol–water partition coefficient (Wildman–Crippen LogP) is 3.75. The molecule has 1 aromatic carbocycles. The quantitative estimate of drug-likeness (QED) is 0.182. The number of ether oxygens (including phenoxy) is 4. The molecule has 4 aliphatic rings. The molecule has 1 saturated heterocycles. The number of aldehydes is 1. The van der Waals surface area contributed by atoms with Crippen molar-refractivity contribution in [3.63, 3.8) is 0 Å². The molecule has 2 heterocycles. The minimum atomic E-state index is -1.30. The van der Waals surface area contributed by atoms with Gasteiger partial charge in [0.05, 0.1) is 12.6 Å². The fourth-order valence-corrected chi connectivity index (χ4v) is 7.27. The molecule has 0 bridgehead atoms. The second-order valence-electron chi connectivity index (χ2n) is 15.5. The zero-order valence-corrected chi connectivity index (χ0v) is 30.4. The highest BCUT2D eigenvalue weighted by Gasteiger charge is 2.61. The Morgan fingerprint density at radius 3 is 2.44 bits per heavy atom. The van der Waals surface area contributed by atoms with Gasteiger partial charge in [-0.1, -0.05) is 52.3 Å². The van der Waals surface area contributed by atoms with Crippen molar-refractivity contribution in [3.05, 3.63) is 36.5 Å². The number of rotatable bonds is 15. The lowest BCUT2D eigenvalue weighted by atomic mass is 9.85. The minimum absolute atomic E-state index is 0.0339. The van der Waals surface area contributed by atoms with Gasteiger partial charge in [0.15, 0.2) is 12.5 Å². The lowest BCUT2D eigenvalue weighted by Crippen LogP contribution is -2.60. The van der Waals surface area contributed by atoms with Crippen LogP contribution in [0.15, 0.2) is 36.5 Å². The lowest BCUT2D eigenvalue weighted by Gasteiger charge is -2.35. The molecule has 3 aliphatic carbocycles. The number of fused-ring (bicyclic) bond motifs is 1. The second kappa shape index (κ2) is 15.7. The SMILES string of the molecule is CC[C@@H]1C[C@]1(NC(=O)[C@@H]1C[C@@H](Oc2nccc3ccccc23)CN1C(=O)[C@@H](NC(=O)OC1CCCC1)C(C)(C)C)C(=O)NC(C=O)OCOC1CC1. The molecule has 14 heteroatoms. The summed E-state index contributed by atoms with van der Waals surface area (Å²) in [5.41, 5.74) is -2.05. The highest BCUT2D eigenvalue weighted by atomic mass is 16.7. The van der Waals surface area contributed by atoms with E-state index in [0.29, 0.717) is 25.0 Å². The summed E-state index contributed by atoms with van der Waals surface area (Å²) in [6.07, 6.45) is 5.89. The third-order valence-corrected chi connectivity index (χ3v) is 10.5. The number of pyridine rings is 1. The molecule has 4 amide bonds. The van der Waals surface area contributed by atoms with Crippen LogP contribution in [-0.2, 0) is 33.4 Å². The normalized spacial score (nSPS) is 25.6. The third kappa shape index (κ3) is 8.66. The van der Waals surface area contributed by atoms with Crippen LogP contribution in [0.2, 0.25) is 0 Å². The summed E-state index contributed by atoms with van der Waals surface area (Å²) in [7, 11) is 0. The molecule has 14 nitrogen and oxygen atoms in total. The standard InChI is InChI=1S/C38H51N5O9/c1-5-24-19-38(24,35(47)40-30(21-44)50-22-49-25-14-15-25)42-32(45)29-18-27(51-33-28-13-9-6-10-23(28)16-17-39-33)20-43(29)34(46)31(37(2,3)4)41-36(48)52-26-11-7-8-12-26/h6,9-10,13,16-17,21,24-27,29-31H,5,7-8,11-12,14-15,18-20,22H2,1-4H3,(H,40,47)(H,41,48)(H,42,45)/t24-,27-,29+,30?,31-,38-/m1/s1. The summed E-state index contributed by atoms with van der Waals surface area (Å²) < 4.78 is 23.0. The van der Waals surface area contributed by atoms with Crippen molar-refractivity contribution in [1.82, 2.24) is 25.8 Å². The predicted molar refractivity (Wildman–Crippen MR) is 189 cm³/mol. The summed E-state index contributed by atoms with van der Waals surface area (Å²) in [6, 6.07) is 7.43. The molecule has 1 aromatic heterocycles. The third-order valence-electron chi connectivity index (χ3n) is 10.5. The van der Waals surface area contributed by atoms with Crippen molar-refractivity contribution >= 4 is 40.9 Å². The second-order valence-corrected chi connectivity index (χ2v) is 15.5. The highest BCUT2D eigenvalue weighted by Crippen LogP contribution is 2.46. The summed E-state index contributed by atoms with van der Waals surface area (Å²) >= 11 is 0. The number of nitrogens with one attached hydrogen (secondary N) is 3. The molecule has 3 N–H and O–H groups in total. The van der Waals surface area contributed by atoms with Gasteiger partial charge in [0.25, 0.3) is 0 Å². The van der Waals surface area contributed by atoms with Gasteiger partial charge in [-0.15, -0.1) is 0 Å². The average molecular weight is 722 g/mol. The molecule has 0 spiro atoms. The number of benzene rings is 1. The Hall–Kier alpha value is -4.30. The first-order valence-corrected chi connectivity index (χ1v) is 18.5. The van der Waals surface area contributed by atoms with Gasteiger partial charge >= 0.3 is 6.09 Å². The van der Waals surface area contributed by atoms with E-state index < -0.39 is 59.2 Å². The van der Waals surface area contributed by atoms with E-state index in [1.165, 1.54) is 4.90 Å². The van der Waals surface area contributed by atoms with Gasteiger partial charge in [0.2, 0.25) is 23.6 Å². The van der Waals surface area contributed by atoms with E-state index in [4.69, 9.17) is 18.9 Å². The smallest absolute Gasteiger partial charge is 0.408 e. The topological polar surface area (TPSA) is 174 Å². The first-order chi connectivity index (χ1) is 24.9. The Morgan fingerprint density at radius 1 is 1.02 bits per heavy atom. The monoisotopic (exact) mass is 721 g/mol. The molecular formula is C38H51N5O9. The Balaban J connectivity index is 1.22. The van der Waals surface area contributed by atoms with Crippen molar-refractivity contribution in [3.8, 4) is 5.88 Å². The van der Waals surface area contributed by atoms with Gasteiger partial charge in [0.1, 0.15) is 36.6 Å². The number of nitrogens with zero attached hydrogens (tertiary/aromatic N) is 2. The molecule has 3 saturated carbocycles. The van der Waals surface area contributed by atoms with Crippen molar-refractivity contribution < 1.29 is 42.9 Å². The molecule has 1 aliphatic heterocycles. The zero-order valence-electron chi connectivity index (χ0n) is 30.4. The fourth-order valence-electron chi connectivity index (χ4n) is 7.27. The van der Waals surface area contributed by atoms with E-state index in [9.17, 15) is 24.0 Å². The van der Waals surface area contributed by atoms with Crippen molar-refractivity contribution in [2.75, 3.05) is 13.3 Å². The Bertz CT molecular complexity index is 1630. The van der Waals surface area contributed by atoms with Gasteiger partial charge < -0.3 is 39.8 Å². The molecular weight excluding hydrogens is 670 g/mol. The average Bonchev–Trinajstić information content (AvgIpc) is 3.97. The first kappa shape index (κ1) is 37.5. The van der Waals surface area contributed by atoms with Crippen LogP contribution < -0.4 is 20.7 Å². The van der Waals surface area contributed by atoms with Gasteiger partial charge in [-0.2, -0.15) is 0 Å². The van der Waals surface area contributed by atoms with Crippen LogP contribution in [0.25, 0.3) is 10.8 Å². The van der Waals surface area contributed by atoms with E-state index in [1.807, 2.05) is 58.0 Å². The molecule has 6 rings (SSSR count). The van der Waals surface area contributed by atoms with Crippen LogP contribution in [-0.4, -0.2) is 95.5 Å². The van der Waals surface area contributed by atoms with E-state index in [0.717, 1.165) is 49.3 Å². The number of amides is 4. The summed E-state index contributed by atoms with van der Waals surface area (Å²) in [6.45, 7) is 7.31. The first-order valence-electron chi connectivity index (χ1n) is 18.5. The van der Waals surface area contributed by atoms with Crippen LogP contribution in [0.4, 0.5) is 4.79 Å². The molecule has 52 heavy (non-hydrogen) atoms. The van der Waals surface area contributed by atoms with E-state index in [-0.39, 0.29) is 37.9 Å². The molecule has 6 atom stereocenters. The largest absolute Gasteiger partial charge is 0.472 e. The highest BCUT2D eigenvalue weighted by molar-refractivity contribution is 5.99. The number of carbonyl (C=O) groups is 5. The van der Waals surface area contributed by atoms with Crippen LogP contribution in [0.3, 0.4) is 0 Å². The van der Waals surface area contributed by atoms with E-state index in [2.05, 4.69) is 20.9 Å². The summed E-state index contributed by atoms with van der Waals surface area (Å²) in [4.78, 5) is 73.3. The zero-order chi connectivity index (χ0) is 37.0. The van der Waals surface area contributed by atoms with Gasteiger partial charge in [0, 0.05) is 18.0 Å². The van der Waals surface area contributed by atoms with Crippen molar-refractivity contribution in [1.29, 1.82) is 0 Å². The van der Waals surface area contributed by atoms with Crippen LogP contribution in [0.5, 0.6) is 5.88 Å². The van der Waals surface area contributed by atoms with Crippen LogP contribution >= 0.6 is 0 Å². The maximum Gasteiger partial charge on any atom is 0.408 e. The molecule has 282 valence electrons. The summed E-state index contributed by atoms with van der Waals surface area (Å²) in [5, 5.41) is 10.1. The van der Waals surface area contributed by atoms with Crippen LogP contribution in [0, 0.1) is 11.3 Å². The fraction of sp³-hybridized carbons (Fsp3) is 0.632. The Labute approximate surface area is 304 Å². The maximum absolute atomic E-state index is 14.5. The maximum atomic E-state index is 14.5. The molecule has 4 fully saturated rings. The molecule has 2 aromatic rings. The number of hydrogen-bond donors (Lipinski definition) is 3. The lowest BCUT2D eigenvalue weighted by molar-refractivity contribution is -0.147. The van der Waals surface area contributed by atoms with Gasteiger partial charge in [-0.05, 0) is 73.8 Å². The minimum Gasteiger partial charge on any atom is -0.472 e. The summed E-state index contributed by atoms with van der Waals surface area (Å²) in [5.74, 6) is -1.39. The van der Waals surface area contributed by atoms with E-state index >= 15 is 0 Å². The van der Waals surface area contributed by atoms with Gasteiger partial charge in [-0.25, -0.2) is 9.78 Å². The number of carbonyl (C=O) groups excluding carboxylic acids is 5. The Morgan fingerprint density at radius 2 is 1.77 bits per heavy atom. The van der Waals surface area contributed by atoms with Crippen LogP contribution in [0.1, 0.15) is 85.5 Å². The van der Waals surface area contributed by atoms with Crippen molar-refractivity contribution in [2.24, 2.45) is 11.3 Å². The Kier molecular flexibility index (Phi) is 11.3. The van der Waals surface area contributed by atoms with Gasteiger partial charge in [-0.3, -0.25) is 19.2 Å². The number of alkyl carbamates (subject to hydrolysis) is 1. The van der Waals surface area contributed by atoms with E-state index in [1.54, 1.807) is 6.20 Å². The molecule has 0 radical (unpaired) electrons.